The average molecular weight is 267 g/mol. The first-order valence-corrected chi connectivity index (χ1v) is 7.70. The maximum Gasteiger partial charge on any atom is 2.00 e. The Kier molecular flexibility index (Phi) is 34.8. The molecule has 0 aliphatic rings. The first kappa shape index (κ1) is 23.8. The maximum absolute atomic E-state index is 9.96. The second-order valence-corrected chi connectivity index (χ2v) is 4.74. The Morgan fingerprint density at radius 1 is 0.667 bits per heavy atom. The summed E-state index contributed by atoms with van der Waals surface area (Å²) in [5, 5.41) is 9.96. The quantitative estimate of drug-likeness (QED) is 0.307. The molecule has 0 aromatic carbocycles. The van der Waals surface area contributed by atoms with Crippen LogP contribution in [0.15, 0.2) is 0 Å². The molecule has 2 heteroatoms. The van der Waals surface area contributed by atoms with E-state index < -0.39 is 0 Å². The molecule has 0 saturated heterocycles. The van der Waals surface area contributed by atoms with Gasteiger partial charge in [-0.3, -0.25) is 0 Å². The van der Waals surface area contributed by atoms with Gasteiger partial charge in [0, 0.05) is 0 Å². The van der Waals surface area contributed by atoms with Crippen molar-refractivity contribution < 1.29 is 5.11 Å². The van der Waals surface area contributed by atoms with Crippen LogP contribution in [0.3, 0.4) is 0 Å². The van der Waals surface area contributed by atoms with Gasteiger partial charge in [-0.15, -0.1) is 6.61 Å². The molecule has 0 N–H and O–H groups in total. The summed E-state index contributed by atoms with van der Waals surface area (Å²) in [4.78, 5) is 0. The summed E-state index contributed by atoms with van der Waals surface area (Å²) >= 11 is 0. The molecule has 0 aromatic heterocycles. The van der Waals surface area contributed by atoms with Gasteiger partial charge in [-0.05, 0) is 0 Å². The van der Waals surface area contributed by atoms with E-state index in [4.69, 9.17) is 0 Å². The standard InChI is InChI=1S/C8H17O.C8H17.Mg/c1-2-3-4-5-6-7-8-9;1-3-5-7-8-6-4-2;/h2-8H2,1H3;1,3-8H2,2H3;/q2*-1;+2. The van der Waals surface area contributed by atoms with Crippen LogP contribution < -0.4 is 5.11 Å². The molecule has 0 bridgehead atoms. The van der Waals surface area contributed by atoms with Gasteiger partial charge in [-0.2, -0.15) is 6.42 Å². The SMILES string of the molecule is CCCCCCCC[O-].[CH2-]CCCCCCC.[Mg+2]. The number of hydrogen-bond acceptors (Lipinski definition) is 1. The van der Waals surface area contributed by atoms with Gasteiger partial charge in [0.1, 0.15) is 0 Å². The third-order valence-electron chi connectivity index (χ3n) is 2.85. The van der Waals surface area contributed by atoms with Crippen molar-refractivity contribution in [3.63, 3.8) is 0 Å². The third-order valence-corrected chi connectivity index (χ3v) is 2.85. The molecule has 0 unspecified atom stereocenters. The second kappa shape index (κ2) is 26.3. The predicted octanol–water partition coefficient (Wildman–Crippen LogP) is 4.51. The van der Waals surface area contributed by atoms with Crippen LogP contribution in [0.25, 0.3) is 0 Å². The monoisotopic (exact) mass is 266 g/mol. The van der Waals surface area contributed by atoms with E-state index in [1.807, 2.05) is 0 Å². The van der Waals surface area contributed by atoms with E-state index in [2.05, 4.69) is 20.8 Å². The maximum atomic E-state index is 9.96. The first-order valence-electron chi connectivity index (χ1n) is 7.70. The van der Waals surface area contributed by atoms with Crippen molar-refractivity contribution in [2.45, 2.75) is 90.9 Å². The van der Waals surface area contributed by atoms with Crippen LogP contribution >= 0.6 is 0 Å². The number of rotatable bonds is 11. The van der Waals surface area contributed by atoms with E-state index in [0.29, 0.717) is 0 Å². The fourth-order valence-electron chi connectivity index (χ4n) is 1.66. The van der Waals surface area contributed by atoms with Crippen molar-refractivity contribution >= 4 is 23.1 Å². The molecule has 0 heterocycles. The predicted molar refractivity (Wildman–Crippen MR) is 82.7 cm³/mol. The topological polar surface area (TPSA) is 23.1 Å². The molecule has 18 heavy (non-hydrogen) atoms. The summed E-state index contributed by atoms with van der Waals surface area (Å²) in [6, 6.07) is 0. The Balaban J connectivity index is -0.000000238. The Morgan fingerprint density at radius 2 is 1.06 bits per heavy atom. The molecule has 0 spiro atoms. The molecule has 1 nitrogen and oxygen atoms in total. The van der Waals surface area contributed by atoms with E-state index in [1.54, 1.807) is 0 Å². The molecule has 106 valence electrons. The van der Waals surface area contributed by atoms with Gasteiger partial charge < -0.3 is 12.0 Å². The molecular weight excluding hydrogens is 232 g/mol. The normalized spacial score (nSPS) is 9.33. The fraction of sp³-hybridized carbons (Fsp3) is 0.938. The van der Waals surface area contributed by atoms with Crippen LogP contribution in [-0.4, -0.2) is 29.7 Å². The largest absolute Gasteiger partial charge is 2.00 e. The van der Waals surface area contributed by atoms with E-state index in [0.717, 1.165) is 19.3 Å². The van der Waals surface area contributed by atoms with Crippen LogP contribution in [0.2, 0.25) is 0 Å². The summed E-state index contributed by atoms with van der Waals surface area (Å²) in [5.41, 5.74) is 0. The Bertz CT molecular complexity index is 95.3. The Labute approximate surface area is 132 Å². The zero-order valence-electron chi connectivity index (χ0n) is 13.0. The van der Waals surface area contributed by atoms with Crippen molar-refractivity contribution in [2.24, 2.45) is 0 Å². The van der Waals surface area contributed by atoms with Crippen molar-refractivity contribution in [3.05, 3.63) is 6.92 Å². The molecule has 0 rings (SSSR count). The molecular formula is C16H34MgO. The van der Waals surface area contributed by atoms with Crippen LogP contribution in [0.1, 0.15) is 90.9 Å². The molecule has 0 aliphatic carbocycles. The van der Waals surface area contributed by atoms with Crippen molar-refractivity contribution in [3.8, 4) is 0 Å². The van der Waals surface area contributed by atoms with E-state index in [-0.39, 0.29) is 29.7 Å². The van der Waals surface area contributed by atoms with Crippen molar-refractivity contribution in [2.75, 3.05) is 6.61 Å². The van der Waals surface area contributed by atoms with Crippen LogP contribution in [-0.2, 0) is 0 Å². The molecule has 0 saturated carbocycles. The third kappa shape index (κ3) is 30.1. The summed E-state index contributed by atoms with van der Waals surface area (Å²) in [7, 11) is 0. The van der Waals surface area contributed by atoms with Gasteiger partial charge in [-0.1, -0.05) is 84.5 Å². The summed E-state index contributed by atoms with van der Waals surface area (Å²) in [6.45, 7) is 8.34. The average Bonchev–Trinajstić information content (AvgIpc) is 2.36. The minimum absolute atomic E-state index is 0. The molecule has 0 atom stereocenters. The molecule has 0 aliphatic heterocycles. The van der Waals surface area contributed by atoms with Gasteiger partial charge in [-0.25, -0.2) is 0 Å². The Hall–Kier alpha value is 0.726. The first-order chi connectivity index (χ1) is 8.33. The zero-order chi connectivity index (χ0) is 13.2. The van der Waals surface area contributed by atoms with Crippen LogP contribution in [0, 0.1) is 6.92 Å². The second-order valence-electron chi connectivity index (χ2n) is 4.74. The number of unbranched alkanes of at least 4 members (excludes halogenated alkanes) is 10. The zero-order valence-corrected chi connectivity index (χ0v) is 14.4. The van der Waals surface area contributed by atoms with Gasteiger partial charge in [0.25, 0.3) is 0 Å². The van der Waals surface area contributed by atoms with E-state index in [9.17, 15) is 5.11 Å². The molecule has 0 radical (unpaired) electrons. The molecule has 0 aromatic rings. The minimum atomic E-state index is 0. The van der Waals surface area contributed by atoms with Crippen molar-refractivity contribution in [1.82, 2.24) is 0 Å². The van der Waals surface area contributed by atoms with E-state index in [1.165, 1.54) is 57.8 Å². The van der Waals surface area contributed by atoms with Crippen molar-refractivity contribution in [1.29, 1.82) is 0 Å². The summed E-state index contributed by atoms with van der Waals surface area (Å²) < 4.78 is 0. The van der Waals surface area contributed by atoms with Gasteiger partial charge >= 0.3 is 23.1 Å². The summed E-state index contributed by atoms with van der Waals surface area (Å²) in [6.07, 6.45) is 15.2. The molecule has 0 fully saturated rings. The van der Waals surface area contributed by atoms with Gasteiger partial charge in [0.05, 0.1) is 0 Å². The van der Waals surface area contributed by atoms with E-state index >= 15 is 0 Å². The van der Waals surface area contributed by atoms with Crippen LogP contribution in [0.4, 0.5) is 0 Å². The van der Waals surface area contributed by atoms with Gasteiger partial charge in [0.2, 0.25) is 0 Å². The number of hydrogen-bond donors (Lipinski definition) is 0. The Morgan fingerprint density at radius 3 is 1.44 bits per heavy atom. The summed E-state index contributed by atoms with van der Waals surface area (Å²) in [5.74, 6) is 0. The minimum Gasteiger partial charge on any atom is -0.854 e. The smallest absolute Gasteiger partial charge is 0.854 e. The van der Waals surface area contributed by atoms with Gasteiger partial charge in [0.15, 0.2) is 0 Å². The molecule has 0 amide bonds. The van der Waals surface area contributed by atoms with Crippen LogP contribution in [0.5, 0.6) is 0 Å². The fourth-order valence-corrected chi connectivity index (χ4v) is 1.66.